The Hall–Kier alpha value is -2.79. The van der Waals surface area contributed by atoms with Gasteiger partial charge in [-0.2, -0.15) is 0 Å². The Kier molecular flexibility index (Phi) is 5.33. The van der Waals surface area contributed by atoms with Gasteiger partial charge in [0.1, 0.15) is 11.5 Å². The van der Waals surface area contributed by atoms with Crippen LogP contribution in [0.3, 0.4) is 0 Å². The van der Waals surface area contributed by atoms with Crippen LogP contribution in [0.1, 0.15) is 34.5 Å². The average Bonchev–Trinajstić information content (AvgIpc) is 2.77. The molecule has 1 heterocycles. The molecule has 150 valence electrons. The average molecular weight is 411 g/mol. The lowest BCUT2D eigenvalue weighted by atomic mass is 9.94. The smallest absolute Gasteiger partial charge is 0.258 e. The number of carbonyl (C=O) groups excluding carboxylic acids is 1. The van der Waals surface area contributed by atoms with Gasteiger partial charge < -0.3 is 14.4 Å². The predicted molar refractivity (Wildman–Crippen MR) is 116 cm³/mol. The molecule has 0 fully saturated rings. The number of rotatable bonds is 4. The summed E-state index contributed by atoms with van der Waals surface area (Å²) < 4.78 is 10.7. The molecule has 0 aliphatic heterocycles. The zero-order valence-corrected chi connectivity index (χ0v) is 17.5. The van der Waals surface area contributed by atoms with Crippen LogP contribution >= 0.6 is 11.6 Å². The van der Waals surface area contributed by atoms with E-state index < -0.39 is 0 Å². The van der Waals surface area contributed by atoms with Gasteiger partial charge in [0, 0.05) is 29.8 Å². The molecule has 1 aliphatic rings. The molecular formula is C23H23ClN2O3. The van der Waals surface area contributed by atoms with Crippen LogP contribution in [0.15, 0.2) is 36.4 Å². The SMILES string of the molecule is COc1ccc(N(C)C(=O)c2ccc3c(Cl)c4c(nc3c2)CCCC4)c(OC)c1. The van der Waals surface area contributed by atoms with Crippen LogP contribution in [0.5, 0.6) is 11.5 Å². The van der Waals surface area contributed by atoms with Crippen LogP contribution in [0.25, 0.3) is 10.9 Å². The largest absolute Gasteiger partial charge is 0.497 e. The highest BCUT2D eigenvalue weighted by atomic mass is 35.5. The second-order valence-electron chi connectivity index (χ2n) is 7.19. The Morgan fingerprint density at radius 2 is 1.86 bits per heavy atom. The van der Waals surface area contributed by atoms with Crippen LogP contribution in [-0.4, -0.2) is 32.2 Å². The normalized spacial score (nSPS) is 13.1. The van der Waals surface area contributed by atoms with Crippen molar-refractivity contribution in [3.63, 3.8) is 0 Å². The van der Waals surface area contributed by atoms with Crippen molar-refractivity contribution in [2.24, 2.45) is 0 Å². The summed E-state index contributed by atoms with van der Waals surface area (Å²) in [5.74, 6) is 1.09. The molecule has 0 atom stereocenters. The molecule has 1 aliphatic carbocycles. The number of methoxy groups -OCH3 is 2. The first-order chi connectivity index (χ1) is 14.0. The number of halogens is 1. The molecule has 0 radical (unpaired) electrons. The van der Waals surface area contributed by atoms with Gasteiger partial charge in [0.2, 0.25) is 0 Å². The van der Waals surface area contributed by atoms with E-state index in [1.165, 1.54) is 0 Å². The second-order valence-corrected chi connectivity index (χ2v) is 7.57. The zero-order valence-electron chi connectivity index (χ0n) is 16.8. The number of fused-ring (bicyclic) bond motifs is 2. The van der Waals surface area contributed by atoms with Crippen molar-refractivity contribution in [1.82, 2.24) is 4.98 Å². The lowest BCUT2D eigenvalue weighted by molar-refractivity contribution is 0.0992. The minimum Gasteiger partial charge on any atom is -0.497 e. The van der Waals surface area contributed by atoms with Gasteiger partial charge in [-0.05, 0) is 55.5 Å². The Morgan fingerprint density at radius 3 is 2.62 bits per heavy atom. The molecule has 0 unspecified atom stereocenters. The first-order valence-electron chi connectivity index (χ1n) is 9.64. The van der Waals surface area contributed by atoms with E-state index in [1.807, 2.05) is 18.2 Å². The molecule has 5 nitrogen and oxygen atoms in total. The molecule has 0 N–H and O–H groups in total. The fraction of sp³-hybridized carbons (Fsp3) is 0.304. The molecule has 0 saturated heterocycles. The minimum atomic E-state index is -0.147. The third kappa shape index (κ3) is 3.51. The van der Waals surface area contributed by atoms with Gasteiger partial charge in [-0.15, -0.1) is 0 Å². The summed E-state index contributed by atoms with van der Waals surface area (Å²) >= 11 is 6.65. The van der Waals surface area contributed by atoms with Crippen molar-refractivity contribution in [2.45, 2.75) is 25.7 Å². The molecule has 6 heteroatoms. The number of benzene rings is 2. The number of ether oxygens (including phenoxy) is 2. The first kappa shape index (κ1) is 19.5. The van der Waals surface area contributed by atoms with Crippen LogP contribution in [0, 0.1) is 0 Å². The molecule has 0 spiro atoms. The molecule has 0 bridgehead atoms. The van der Waals surface area contributed by atoms with Crippen LogP contribution in [-0.2, 0) is 12.8 Å². The van der Waals surface area contributed by atoms with Crippen molar-refractivity contribution < 1.29 is 14.3 Å². The zero-order chi connectivity index (χ0) is 20.5. The Morgan fingerprint density at radius 1 is 1.07 bits per heavy atom. The topological polar surface area (TPSA) is 51.7 Å². The molecular weight excluding hydrogens is 388 g/mol. The maximum Gasteiger partial charge on any atom is 0.258 e. The van der Waals surface area contributed by atoms with E-state index in [-0.39, 0.29) is 5.91 Å². The maximum absolute atomic E-state index is 13.2. The van der Waals surface area contributed by atoms with Crippen molar-refractivity contribution in [3.8, 4) is 11.5 Å². The van der Waals surface area contributed by atoms with Crippen molar-refractivity contribution in [2.75, 3.05) is 26.2 Å². The number of aromatic nitrogens is 1. The Bertz CT molecular complexity index is 1100. The molecule has 1 amide bonds. The minimum absolute atomic E-state index is 0.147. The molecule has 4 rings (SSSR count). The van der Waals surface area contributed by atoms with Gasteiger partial charge in [-0.3, -0.25) is 9.78 Å². The summed E-state index contributed by atoms with van der Waals surface area (Å²) in [5, 5.41) is 1.67. The fourth-order valence-electron chi connectivity index (χ4n) is 3.87. The summed E-state index contributed by atoms with van der Waals surface area (Å²) in [4.78, 5) is 19.5. The summed E-state index contributed by atoms with van der Waals surface area (Å²) in [6, 6.07) is 10.9. The summed E-state index contributed by atoms with van der Waals surface area (Å²) in [6.07, 6.45) is 4.18. The van der Waals surface area contributed by atoms with Gasteiger partial charge in [0.15, 0.2) is 0 Å². The molecule has 0 saturated carbocycles. The Labute approximate surface area is 175 Å². The lowest BCUT2D eigenvalue weighted by Crippen LogP contribution is -2.26. The fourth-order valence-corrected chi connectivity index (χ4v) is 4.23. The second kappa shape index (κ2) is 7.91. The van der Waals surface area contributed by atoms with E-state index in [2.05, 4.69) is 0 Å². The number of nitrogens with zero attached hydrogens (tertiary/aromatic N) is 2. The number of pyridine rings is 1. The van der Waals surface area contributed by atoms with Gasteiger partial charge in [-0.25, -0.2) is 0 Å². The van der Waals surface area contributed by atoms with Crippen LogP contribution in [0.4, 0.5) is 5.69 Å². The van der Waals surface area contributed by atoms with Crippen molar-refractivity contribution in [3.05, 3.63) is 58.2 Å². The van der Waals surface area contributed by atoms with E-state index in [1.54, 1.807) is 44.4 Å². The monoisotopic (exact) mass is 410 g/mol. The standard InChI is InChI=1S/C23H23ClN2O3/c1-26(20-11-9-15(28-2)13-21(20)29-3)23(27)14-8-10-17-19(12-14)25-18-7-5-4-6-16(18)22(17)24/h8-13H,4-7H2,1-3H3. The number of aryl methyl sites for hydroxylation is 1. The molecule has 29 heavy (non-hydrogen) atoms. The third-order valence-corrected chi connectivity index (χ3v) is 5.92. The van der Waals surface area contributed by atoms with Crippen LogP contribution in [0.2, 0.25) is 5.02 Å². The van der Waals surface area contributed by atoms with Gasteiger partial charge >= 0.3 is 0 Å². The van der Waals surface area contributed by atoms with E-state index in [0.29, 0.717) is 22.7 Å². The predicted octanol–water partition coefficient (Wildman–Crippen LogP) is 5.06. The van der Waals surface area contributed by atoms with E-state index in [9.17, 15) is 4.79 Å². The number of hydrogen-bond acceptors (Lipinski definition) is 4. The maximum atomic E-state index is 13.2. The summed E-state index contributed by atoms with van der Waals surface area (Å²) in [6.45, 7) is 0. The van der Waals surface area contributed by atoms with Crippen molar-refractivity contribution in [1.29, 1.82) is 0 Å². The van der Waals surface area contributed by atoms with Gasteiger partial charge in [0.05, 0.1) is 30.4 Å². The Balaban J connectivity index is 1.72. The highest BCUT2D eigenvalue weighted by molar-refractivity contribution is 6.36. The summed E-state index contributed by atoms with van der Waals surface area (Å²) in [5.41, 5.74) is 4.19. The van der Waals surface area contributed by atoms with E-state index >= 15 is 0 Å². The van der Waals surface area contributed by atoms with E-state index in [0.717, 1.165) is 52.9 Å². The molecule has 2 aromatic carbocycles. The molecule has 1 aromatic heterocycles. The number of anilines is 1. The number of hydrogen-bond donors (Lipinski definition) is 0. The van der Waals surface area contributed by atoms with Crippen LogP contribution < -0.4 is 14.4 Å². The quantitative estimate of drug-likeness (QED) is 0.603. The highest BCUT2D eigenvalue weighted by Crippen LogP contribution is 2.35. The van der Waals surface area contributed by atoms with Crippen molar-refractivity contribution >= 4 is 34.1 Å². The highest BCUT2D eigenvalue weighted by Gasteiger charge is 2.21. The van der Waals surface area contributed by atoms with Gasteiger partial charge in [0.25, 0.3) is 5.91 Å². The number of amides is 1. The summed E-state index contributed by atoms with van der Waals surface area (Å²) in [7, 11) is 4.89. The van der Waals surface area contributed by atoms with E-state index in [4.69, 9.17) is 26.1 Å². The third-order valence-electron chi connectivity index (χ3n) is 5.49. The van der Waals surface area contributed by atoms with Gasteiger partial charge in [-0.1, -0.05) is 17.7 Å². The lowest BCUT2D eigenvalue weighted by Gasteiger charge is -2.21. The first-order valence-corrected chi connectivity index (χ1v) is 10.0. The molecule has 3 aromatic rings. The number of carbonyl (C=O) groups is 1.